The molecule has 2 aromatic rings. The Morgan fingerprint density at radius 2 is 1.84 bits per heavy atom. The summed E-state index contributed by atoms with van der Waals surface area (Å²) in [6.07, 6.45) is 4.49. The molecule has 0 fully saturated rings. The normalized spacial score (nSPS) is 11.9. The number of nitrogens with one attached hydrogen (secondary N) is 2. The van der Waals surface area contributed by atoms with E-state index in [4.69, 9.17) is 4.74 Å². The maximum absolute atomic E-state index is 12.9. The molecule has 0 spiro atoms. The molecule has 25 heavy (non-hydrogen) atoms. The molecule has 6 heteroatoms. The van der Waals surface area contributed by atoms with Gasteiger partial charge in [-0.05, 0) is 42.7 Å². The molecular weight excluding hydrogens is 318 g/mol. The van der Waals surface area contributed by atoms with Gasteiger partial charge in [-0.3, -0.25) is 9.59 Å². The SMILES string of the molecule is COc1ccc(NC(C)=O)cc1NC(=O)C(CC(C)C)n1cccc1. The molecule has 0 radical (unpaired) electrons. The van der Waals surface area contributed by atoms with Gasteiger partial charge in [0.2, 0.25) is 11.8 Å². The van der Waals surface area contributed by atoms with Gasteiger partial charge in [0.1, 0.15) is 11.8 Å². The van der Waals surface area contributed by atoms with Crippen molar-refractivity contribution in [1.29, 1.82) is 0 Å². The van der Waals surface area contributed by atoms with Crippen LogP contribution in [0.4, 0.5) is 11.4 Å². The molecule has 134 valence electrons. The Morgan fingerprint density at radius 3 is 2.40 bits per heavy atom. The number of carbonyl (C=O) groups is 2. The minimum absolute atomic E-state index is 0.122. The molecule has 0 aliphatic rings. The van der Waals surface area contributed by atoms with E-state index < -0.39 is 0 Å². The Labute approximate surface area is 148 Å². The number of nitrogens with zero attached hydrogens (tertiary/aromatic N) is 1. The van der Waals surface area contributed by atoms with Crippen molar-refractivity contribution in [3.63, 3.8) is 0 Å². The maximum atomic E-state index is 12.9. The number of ether oxygens (including phenoxy) is 1. The summed E-state index contributed by atoms with van der Waals surface area (Å²) in [5.41, 5.74) is 1.13. The minimum Gasteiger partial charge on any atom is -0.495 e. The Bertz CT molecular complexity index is 724. The molecule has 0 aliphatic heterocycles. The number of hydrogen-bond acceptors (Lipinski definition) is 3. The average molecular weight is 343 g/mol. The lowest BCUT2D eigenvalue weighted by atomic mass is 10.0. The monoisotopic (exact) mass is 343 g/mol. The molecule has 1 unspecified atom stereocenters. The molecular formula is C19H25N3O3. The van der Waals surface area contributed by atoms with Gasteiger partial charge in [0.15, 0.2) is 0 Å². The van der Waals surface area contributed by atoms with Gasteiger partial charge in [-0.25, -0.2) is 0 Å². The third kappa shape index (κ3) is 5.11. The van der Waals surface area contributed by atoms with Crippen LogP contribution in [0.15, 0.2) is 42.7 Å². The molecule has 0 saturated carbocycles. The smallest absolute Gasteiger partial charge is 0.247 e. The van der Waals surface area contributed by atoms with Crippen LogP contribution in [0.3, 0.4) is 0 Å². The van der Waals surface area contributed by atoms with Crippen LogP contribution in [0.25, 0.3) is 0 Å². The molecule has 0 bridgehead atoms. The first-order valence-electron chi connectivity index (χ1n) is 8.29. The van der Waals surface area contributed by atoms with Crippen molar-refractivity contribution >= 4 is 23.2 Å². The second-order valence-electron chi connectivity index (χ2n) is 6.36. The predicted molar refractivity (Wildman–Crippen MR) is 98.9 cm³/mol. The summed E-state index contributed by atoms with van der Waals surface area (Å²) in [7, 11) is 1.54. The van der Waals surface area contributed by atoms with E-state index in [-0.39, 0.29) is 17.9 Å². The lowest BCUT2D eigenvalue weighted by Gasteiger charge is -2.21. The zero-order valence-electron chi connectivity index (χ0n) is 15.1. The van der Waals surface area contributed by atoms with E-state index in [1.54, 1.807) is 25.3 Å². The lowest BCUT2D eigenvalue weighted by Crippen LogP contribution is -2.26. The highest BCUT2D eigenvalue weighted by Crippen LogP contribution is 2.29. The van der Waals surface area contributed by atoms with E-state index >= 15 is 0 Å². The number of anilines is 2. The number of carbonyl (C=O) groups excluding carboxylic acids is 2. The van der Waals surface area contributed by atoms with E-state index in [9.17, 15) is 9.59 Å². The van der Waals surface area contributed by atoms with Gasteiger partial charge in [0.25, 0.3) is 0 Å². The van der Waals surface area contributed by atoms with Gasteiger partial charge in [0.05, 0.1) is 12.8 Å². The van der Waals surface area contributed by atoms with Crippen molar-refractivity contribution in [2.24, 2.45) is 5.92 Å². The summed E-state index contributed by atoms with van der Waals surface area (Å²) < 4.78 is 7.23. The Balaban J connectivity index is 2.26. The van der Waals surface area contributed by atoms with E-state index in [2.05, 4.69) is 24.5 Å². The molecule has 2 rings (SSSR count). The zero-order valence-corrected chi connectivity index (χ0v) is 15.1. The van der Waals surface area contributed by atoms with E-state index in [1.165, 1.54) is 6.92 Å². The van der Waals surface area contributed by atoms with Crippen molar-refractivity contribution in [3.05, 3.63) is 42.7 Å². The van der Waals surface area contributed by atoms with E-state index in [0.717, 1.165) is 0 Å². The van der Waals surface area contributed by atoms with Crippen molar-refractivity contribution in [1.82, 2.24) is 4.57 Å². The van der Waals surface area contributed by atoms with Gasteiger partial charge < -0.3 is 19.9 Å². The molecule has 0 aliphatic carbocycles. The summed E-state index contributed by atoms with van der Waals surface area (Å²) >= 11 is 0. The zero-order chi connectivity index (χ0) is 18.4. The van der Waals surface area contributed by atoms with Crippen LogP contribution in [-0.4, -0.2) is 23.5 Å². The molecule has 1 aromatic carbocycles. The molecule has 2 amide bonds. The van der Waals surface area contributed by atoms with Gasteiger partial charge in [-0.2, -0.15) is 0 Å². The van der Waals surface area contributed by atoms with Crippen LogP contribution in [0.5, 0.6) is 5.75 Å². The van der Waals surface area contributed by atoms with Gasteiger partial charge in [0, 0.05) is 25.0 Å². The summed E-state index contributed by atoms with van der Waals surface area (Å²) in [5.74, 6) is 0.611. The third-order valence-corrected chi connectivity index (χ3v) is 3.76. The van der Waals surface area contributed by atoms with Crippen LogP contribution in [0, 0.1) is 5.92 Å². The lowest BCUT2D eigenvalue weighted by molar-refractivity contribution is -0.119. The topological polar surface area (TPSA) is 72.4 Å². The fourth-order valence-electron chi connectivity index (χ4n) is 2.67. The molecule has 1 heterocycles. The van der Waals surface area contributed by atoms with Gasteiger partial charge in [-0.1, -0.05) is 13.8 Å². The first-order valence-corrected chi connectivity index (χ1v) is 8.29. The first-order chi connectivity index (χ1) is 11.9. The number of rotatable bonds is 7. The summed E-state index contributed by atoms with van der Waals surface area (Å²) in [4.78, 5) is 24.1. The number of methoxy groups -OCH3 is 1. The average Bonchev–Trinajstić information content (AvgIpc) is 3.06. The highest BCUT2D eigenvalue weighted by Gasteiger charge is 2.22. The Kier molecular flexibility index (Phi) is 6.22. The fraction of sp³-hybridized carbons (Fsp3) is 0.368. The summed E-state index contributed by atoms with van der Waals surface area (Å²) in [5, 5.41) is 5.64. The number of hydrogen-bond donors (Lipinski definition) is 2. The van der Waals surface area contributed by atoms with Gasteiger partial charge in [-0.15, -0.1) is 0 Å². The Hall–Kier alpha value is -2.76. The highest BCUT2D eigenvalue weighted by atomic mass is 16.5. The van der Waals surface area contributed by atoms with Crippen molar-refractivity contribution in [2.45, 2.75) is 33.2 Å². The summed E-state index contributed by atoms with van der Waals surface area (Å²) in [6, 6.07) is 8.63. The quantitative estimate of drug-likeness (QED) is 0.805. The van der Waals surface area contributed by atoms with Crippen LogP contribution in [0.1, 0.15) is 33.2 Å². The molecule has 1 aromatic heterocycles. The number of amides is 2. The van der Waals surface area contributed by atoms with E-state index in [1.807, 2.05) is 29.1 Å². The fourth-order valence-corrected chi connectivity index (χ4v) is 2.67. The molecule has 6 nitrogen and oxygen atoms in total. The van der Waals surface area contributed by atoms with Gasteiger partial charge >= 0.3 is 0 Å². The first kappa shape index (κ1) is 18.6. The third-order valence-electron chi connectivity index (χ3n) is 3.76. The summed E-state index contributed by atoms with van der Waals surface area (Å²) in [6.45, 7) is 5.61. The molecule has 2 N–H and O–H groups in total. The number of aromatic nitrogens is 1. The van der Waals surface area contributed by atoms with Crippen LogP contribution < -0.4 is 15.4 Å². The largest absolute Gasteiger partial charge is 0.495 e. The Morgan fingerprint density at radius 1 is 1.16 bits per heavy atom. The second-order valence-corrected chi connectivity index (χ2v) is 6.36. The minimum atomic E-state index is -0.316. The highest BCUT2D eigenvalue weighted by molar-refractivity contribution is 5.96. The van der Waals surface area contributed by atoms with Crippen molar-refractivity contribution in [3.8, 4) is 5.75 Å². The molecule has 1 atom stereocenters. The predicted octanol–water partition coefficient (Wildman–Crippen LogP) is 3.68. The van der Waals surface area contributed by atoms with Crippen LogP contribution in [-0.2, 0) is 9.59 Å². The van der Waals surface area contributed by atoms with Crippen LogP contribution >= 0.6 is 0 Å². The van der Waals surface area contributed by atoms with Crippen molar-refractivity contribution < 1.29 is 14.3 Å². The second kappa shape index (κ2) is 8.37. The van der Waals surface area contributed by atoms with Crippen molar-refractivity contribution in [2.75, 3.05) is 17.7 Å². The maximum Gasteiger partial charge on any atom is 0.247 e. The standard InChI is InChI=1S/C19H25N3O3/c1-13(2)11-17(22-9-5-6-10-22)19(24)21-16-12-15(20-14(3)23)7-8-18(16)25-4/h5-10,12-13,17H,11H2,1-4H3,(H,20,23)(H,21,24). The van der Waals surface area contributed by atoms with E-state index in [0.29, 0.717) is 29.5 Å². The molecule has 0 saturated heterocycles. The number of benzene rings is 1. The van der Waals surface area contributed by atoms with Crippen LogP contribution in [0.2, 0.25) is 0 Å².